The molecule has 0 heterocycles. The lowest BCUT2D eigenvalue weighted by Gasteiger charge is -2.23. The fourth-order valence-electron chi connectivity index (χ4n) is 2.33. The van der Waals surface area contributed by atoms with Crippen molar-refractivity contribution in [3.05, 3.63) is 0 Å². The molecule has 0 aromatic rings. The average molecular weight is 256 g/mol. The van der Waals surface area contributed by atoms with Crippen molar-refractivity contribution in [3.8, 4) is 0 Å². The van der Waals surface area contributed by atoms with Gasteiger partial charge in [-0.1, -0.05) is 33.1 Å². The Bertz CT molecular complexity index is 286. The molecule has 3 N–H and O–H groups in total. The predicted octanol–water partition coefficient (Wildman–Crippen LogP) is 1.98. The molecule has 0 bridgehead atoms. The first-order valence-electron chi connectivity index (χ1n) is 6.78. The van der Waals surface area contributed by atoms with Crippen molar-refractivity contribution < 1.29 is 14.7 Å². The summed E-state index contributed by atoms with van der Waals surface area (Å²) < 4.78 is 0. The summed E-state index contributed by atoms with van der Waals surface area (Å²) in [6.07, 6.45) is 6.08. The summed E-state index contributed by atoms with van der Waals surface area (Å²) >= 11 is 0. The standard InChI is InChI=1S/C13H24N2O3/c1-9(2)11(12(16)17)15-13(18)14-8-10-6-4-3-5-7-10/h9-11H,3-8H2,1-2H3,(H,16,17)(H2,14,15,18)/t11-/m0/s1. The van der Waals surface area contributed by atoms with Crippen LogP contribution in [0.25, 0.3) is 0 Å². The van der Waals surface area contributed by atoms with Gasteiger partial charge in [0, 0.05) is 6.54 Å². The van der Waals surface area contributed by atoms with Gasteiger partial charge in [-0.2, -0.15) is 0 Å². The molecular formula is C13H24N2O3. The molecule has 0 unspecified atom stereocenters. The lowest BCUT2D eigenvalue weighted by molar-refractivity contribution is -0.140. The van der Waals surface area contributed by atoms with E-state index in [2.05, 4.69) is 10.6 Å². The molecule has 1 aliphatic rings. The lowest BCUT2D eigenvalue weighted by Crippen LogP contribution is -2.49. The smallest absolute Gasteiger partial charge is 0.326 e. The number of aliphatic carboxylic acids is 1. The summed E-state index contributed by atoms with van der Waals surface area (Å²) in [7, 11) is 0. The number of carbonyl (C=O) groups excluding carboxylic acids is 1. The zero-order chi connectivity index (χ0) is 13.5. The first-order valence-corrected chi connectivity index (χ1v) is 6.78. The predicted molar refractivity (Wildman–Crippen MR) is 69.4 cm³/mol. The fourth-order valence-corrected chi connectivity index (χ4v) is 2.33. The molecule has 0 radical (unpaired) electrons. The van der Waals surface area contributed by atoms with E-state index in [1.165, 1.54) is 19.3 Å². The maximum atomic E-state index is 11.6. The molecule has 1 saturated carbocycles. The van der Waals surface area contributed by atoms with Crippen LogP contribution in [0.2, 0.25) is 0 Å². The molecule has 1 fully saturated rings. The Morgan fingerprint density at radius 2 is 1.83 bits per heavy atom. The quantitative estimate of drug-likeness (QED) is 0.703. The average Bonchev–Trinajstić information content (AvgIpc) is 2.34. The van der Waals surface area contributed by atoms with Gasteiger partial charge in [-0.25, -0.2) is 9.59 Å². The molecule has 0 spiro atoms. The molecule has 0 aliphatic heterocycles. The maximum absolute atomic E-state index is 11.6. The SMILES string of the molecule is CC(C)[C@H](NC(=O)NCC1CCCCC1)C(=O)O. The van der Waals surface area contributed by atoms with Gasteiger partial charge in [0.1, 0.15) is 6.04 Å². The number of nitrogens with one attached hydrogen (secondary N) is 2. The Balaban J connectivity index is 2.29. The Hall–Kier alpha value is -1.26. The van der Waals surface area contributed by atoms with E-state index in [0.29, 0.717) is 12.5 Å². The Labute approximate surface area is 108 Å². The summed E-state index contributed by atoms with van der Waals surface area (Å²) in [6.45, 7) is 4.21. The van der Waals surface area contributed by atoms with Crippen LogP contribution in [0.1, 0.15) is 46.0 Å². The van der Waals surface area contributed by atoms with Gasteiger partial charge >= 0.3 is 12.0 Å². The summed E-state index contributed by atoms with van der Waals surface area (Å²) in [6, 6.07) is -1.20. The Morgan fingerprint density at radius 1 is 1.22 bits per heavy atom. The van der Waals surface area contributed by atoms with E-state index >= 15 is 0 Å². The fraction of sp³-hybridized carbons (Fsp3) is 0.846. The van der Waals surface area contributed by atoms with Crippen LogP contribution < -0.4 is 10.6 Å². The highest BCUT2D eigenvalue weighted by Gasteiger charge is 2.23. The van der Waals surface area contributed by atoms with Gasteiger partial charge in [-0.05, 0) is 24.7 Å². The van der Waals surface area contributed by atoms with E-state index in [4.69, 9.17) is 5.11 Å². The third kappa shape index (κ3) is 4.94. The molecule has 0 aromatic heterocycles. The van der Waals surface area contributed by atoms with Gasteiger partial charge in [0.2, 0.25) is 0 Å². The van der Waals surface area contributed by atoms with Gasteiger partial charge < -0.3 is 15.7 Å². The van der Waals surface area contributed by atoms with Gasteiger partial charge in [0.05, 0.1) is 0 Å². The van der Waals surface area contributed by atoms with Crippen molar-refractivity contribution in [3.63, 3.8) is 0 Å². The third-order valence-corrected chi connectivity index (χ3v) is 3.50. The molecule has 5 heteroatoms. The van der Waals surface area contributed by atoms with Gasteiger partial charge in [-0.3, -0.25) is 0 Å². The highest BCUT2D eigenvalue weighted by atomic mass is 16.4. The van der Waals surface area contributed by atoms with Crippen molar-refractivity contribution in [2.45, 2.75) is 52.0 Å². The van der Waals surface area contributed by atoms with Gasteiger partial charge in [0.15, 0.2) is 0 Å². The molecular weight excluding hydrogens is 232 g/mol. The maximum Gasteiger partial charge on any atom is 0.326 e. The molecule has 2 amide bonds. The molecule has 1 atom stereocenters. The van der Waals surface area contributed by atoms with E-state index in [-0.39, 0.29) is 11.9 Å². The zero-order valence-electron chi connectivity index (χ0n) is 11.2. The van der Waals surface area contributed by atoms with E-state index in [1.807, 2.05) is 0 Å². The summed E-state index contributed by atoms with van der Waals surface area (Å²) in [4.78, 5) is 22.6. The number of urea groups is 1. The van der Waals surface area contributed by atoms with Crippen LogP contribution in [0.3, 0.4) is 0 Å². The van der Waals surface area contributed by atoms with Crippen molar-refractivity contribution in [1.29, 1.82) is 0 Å². The van der Waals surface area contributed by atoms with E-state index in [0.717, 1.165) is 12.8 Å². The zero-order valence-corrected chi connectivity index (χ0v) is 11.2. The van der Waals surface area contributed by atoms with Crippen molar-refractivity contribution in [1.82, 2.24) is 10.6 Å². The van der Waals surface area contributed by atoms with Crippen molar-refractivity contribution in [2.75, 3.05) is 6.54 Å². The number of hydrogen-bond donors (Lipinski definition) is 3. The summed E-state index contributed by atoms with van der Waals surface area (Å²) in [5.74, 6) is -0.562. The van der Waals surface area contributed by atoms with E-state index in [1.54, 1.807) is 13.8 Å². The largest absolute Gasteiger partial charge is 0.480 e. The number of amides is 2. The normalized spacial score (nSPS) is 18.4. The highest BCUT2D eigenvalue weighted by molar-refractivity contribution is 5.82. The monoisotopic (exact) mass is 256 g/mol. The van der Waals surface area contributed by atoms with Crippen LogP contribution >= 0.6 is 0 Å². The minimum atomic E-state index is -0.988. The number of carboxylic acid groups (broad SMARTS) is 1. The molecule has 0 aromatic carbocycles. The lowest BCUT2D eigenvalue weighted by atomic mass is 9.89. The van der Waals surface area contributed by atoms with Crippen LogP contribution in [0, 0.1) is 11.8 Å². The highest BCUT2D eigenvalue weighted by Crippen LogP contribution is 2.22. The second-order valence-electron chi connectivity index (χ2n) is 5.42. The Morgan fingerprint density at radius 3 is 2.33 bits per heavy atom. The second-order valence-corrected chi connectivity index (χ2v) is 5.42. The molecule has 1 rings (SSSR count). The molecule has 5 nitrogen and oxygen atoms in total. The molecule has 1 aliphatic carbocycles. The van der Waals surface area contributed by atoms with Crippen LogP contribution in [-0.2, 0) is 4.79 Å². The van der Waals surface area contributed by atoms with E-state index < -0.39 is 12.0 Å². The minimum absolute atomic E-state index is 0.122. The minimum Gasteiger partial charge on any atom is -0.480 e. The number of rotatable bonds is 5. The van der Waals surface area contributed by atoms with Crippen LogP contribution in [0.4, 0.5) is 4.79 Å². The van der Waals surface area contributed by atoms with Crippen LogP contribution in [0.15, 0.2) is 0 Å². The van der Waals surface area contributed by atoms with Crippen molar-refractivity contribution >= 4 is 12.0 Å². The van der Waals surface area contributed by atoms with Crippen LogP contribution in [-0.4, -0.2) is 29.7 Å². The van der Waals surface area contributed by atoms with Gasteiger partial charge in [-0.15, -0.1) is 0 Å². The molecule has 18 heavy (non-hydrogen) atoms. The van der Waals surface area contributed by atoms with E-state index in [9.17, 15) is 9.59 Å². The third-order valence-electron chi connectivity index (χ3n) is 3.50. The van der Waals surface area contributed by atoms with Crippen molar-refractivity contribution in [2.24, 2.45) is 11.8 Å². The second kappa shape index (κ2) is 7.24. The summed E-state index contributed by atoms with van der Waals surface area (Å²) in [5, 5.41) is 14.3. The Kier molecular flexibility index (Phi) is 5.95. The molecule has 104 valence electrons. The number of carbonyl (C=O) groups is 2. The number of hydrogen-bond acceptors (Lipinski definition) is 2. The molecule has 0 saturated heterocycles. The van der Waals surface area contributed by atoms with Crippen LogP contribution in [0.5, 0.6) is 0 Å². The number of carboxylic acids is 1. The summed E-state index contributed by atoms with van der Waals surface area (Å²) in [5.41, 5.74) is 0. The first kappa shape index (κ1) is 14.8. The van der Waals surface area contributed by atoms with Gasteiger partial charge in [0.25, 0.3) is 0 Å². The topological polar surface area (TPSA) is 78.4 Å². The first-order chi connectivity index (χ1) is 8.50.